The lowest BCUT2D eigenvalue weighted by atomic mass is 9.56. The second-order valence-corrected chi connectivity index (χ2v) is 15.9. The van der Waals surface area contributed by atoms with Gasteiger partial charge in [0, 0.05) is 18.9 Å². The van der Waals surface area contributed by atoms with Gasteiger partial charge in [0.05, 0.1) is 31.0 Å². The molecule has 1 amide bonds. The van der Waals surface area contributed by atoms with Gasteiger partial charge in [-0.2, -0.15) is 0 Å². The first-order valence-electron chi connectivity index (χ1n) is 18.4. The van der Waals surface area contributed by atoms with Crippen molar-refractivity contribution >= 4 is 12.2 Å². The lowest BCUT2D eigenvalue weighted by Gasteiger charge is -2.49. The largest absolute Gasteiger partial charge is 0.508 e. The minimum atomic E-state index is -0.502. The molecule has 252 valence electrons. The number of unbranched alkanes of at least 4 members (excludes halogenated alkanes) is 2. The molecule has 45 heavy (non-hydrogen) atoms. The first-order valence-corrected chi connectivity index (χ1v) is 18.4. The molecular weight excluding hydrogens is 566 g/mol. The van der Waals surface area contributed by atoms with E-state index in [1.54, 1.807) is 11.1 Å². The molecule has 1 spiro atoms. The lowest BCUT2D eigenvalue weighted by molar-refractivity contribution is -0.0783. The van der Waals surface area contributed by atoms with Crippen LogP contribution < -0.4 is 0 Å². The number of likely N-dealkylation sites (tertiary alicyclic amines) is 1. The van der Waals surface area contributed by atoms with Crippen LogP contribution in [-0.2, 0) is 18.9 Å². The molecule has 0 radical (unpaired) electrons. The van der Waals surface area contributed by atoms with Gasteiger partial charge < -0.3 is 23.8 Å². The summed E-state index contributed by atoms with van der Waals surface area (Å²) in [6, 6.07) is 0.0965. The number of rotatable bonds is 7. The maximum absolute atomic E-state index is 13.3. The molecule has 6 rings (SSSR count). The minimum absolute atomic E-state index is 0.0709. The van der Waals surface area contributed by atoms with Crippen molar-refractivity contribution in [3.63, 3.8) is 0 Å². The molecule has 0 bridgehead atoms. The summed E-state index contributed by atoms with van der Waals surface area (Å²) >= 11 is 0. The summed E-state index contributed by atoms with van der Waals surface area (Å²) in [4.78, 5) is 27.6. The third kappa shape index (κ3) is 6.09. The molecule has 2 heterocycles. The second kappa shape index (κ2) is 13.2. The van der Waals surface area contributed by atoms with Crippen LogP contribution in [0.1, 0.15) is 125 Å². The molecule has 1 unspecified atom stereocenters. The molecule has 0 aromatic rings. The van der Waals surface area contributed by atoms with Crippen molar-refractivity contribution in [2.24, 2.45) is 35.0 Å². The maximum Gasteiger partial charge on any atom is 0.508 e. The zero-order chi connectivity index (χ0) is 31.9. The Labute approximate surface area is 271 Å². The summed E-state index contributed by atoms with van der Waals surface area (Å²) in [6.45, 7) is 15.4. The first kappa shape index (κ1) is 32.9. The number of fused-ring (bicyclic) bond motifs is 6. The highest BCUT2D eigenvalue weighted by molar-refractivity contribution is 5.68. The molecule has 7 nitrogen and oxygen atoms in total. The number of carbonyl (C=O) groups is 2. The van der Waals surface area contributed by atoms with Gasteiger partial charge in [-0.3, -0.25) is 0 Å². The van der Waals surface area contributed by atoms with Crippen LogP contribution in [0, 0.1) is 35.0 Å². The van der Waals surface area contributed by atoms with Crippen molar-refractivity contribution in [2.75, 3.05) is 19.8 Å². The van der Waals surface area contributed by atoms with E-state index in [1.807, 2.05) is 4.90 Å². The fraction of sp³-hybridized carbons (Fsp3) is 0.842. The Kier molecular flexibility index (Phi) is 9.68. The Balaban J connectivity index is 1.15. The Morgan fingerprint density at radius 2 is 1.80 bits per heavy atom. The van der Waals surface area contributed by atoms with Gasteiger partial charge in [0.2, 0.25) is 0 Å². The smallest absolute Gasteiger partial charge is 0.449 e. The molecule has 0 N–H and O–H groups in total. The highest BCUT2D eigenvalue weighted by Crippen LogP contribution is 2.64. The van der Waals surface area contributed by atoms with Crippen LogP contribution in [0.2, 0.25) is 0 Å². The van der Waals surface area contributed by atoms with Gasteiger partial charge in [0.15, 0.2) is 0 Å². The van der Waals surface area contributed by atoms with Crippen molar-refractivity contribution in [3.05, 3.63) is 22.8 Å². The summed E-state index contributed by atoms with van der Waals surface area (Å²) < 4.78 is 24.0. The van der Waals surface area contributed by atoms with Gasteiger partial charge in [0.1, 0.15) is 6.10 Å². The quantitative estimate of drug-likeness (QED) is 0.160. The molecule has 6 aliphatic rings. The number of carbonyl (C=O) groups excluding carboxylic acids is 2. The van der Waals surface area contributed by atoms with Gasteiger partial charge in [-0.15, -0.1) is 0 Å². The highest BCUT2D eigenvalue weighted by atomic mass is 16.7. The molecule has 0 aromatic heterocycles. The average molecular weight is 626 g/mol. The summed E-state index contributed by atoms with van der Waals surface area (Å²) in [5, 5.41) is 0. The van der Waals surface area contributed by atoms with Crippen LogP contribution >= 0.6 is 0 Å². The number of hydrogen-bond acceptors (Lipinski definition) is 6. The third-order valence-electron chi connectivity index (χ3n) is 13.1. The lowest BCUT2D eigenvalue weighted by Crippen LogP contribution is -2.54. The van der Waals surface area contributed by atoms with Crippen molar-refractivity contribution in [2.45, 2.75) is 149 Å². The molecule has 4 aliphatic carbocycles. The predicted molar refractivity (Wildman–Crippen MR) is 175 cm³/mol. The summed E-state index contributed by atoms with van der Waals surface area (Å²) in [7, 11) is 0. The van der Waals surface area contributed by atoms with Crippen molar-refractivity contribution < 1.29 is 28.5 Å². The fourth-order valence-corrected chi connectivity index (χ4v) is 10.6. The van der Waals surface area contributed by atoms with E-state index in [2.05, 4.69) is 47.6 Å². The molecule has 7 heteroatoms. The number of amides is 1. The Morgan fingerprint density at radius 1 is 1.04 bits per heavy atom. The van der Waals surface area contributed by atoms with Crippen molar-refractivity contribution in [1.82, 2.24) is 4.90 Å². The number of piperidine rings is 1. The normalized spacial score (nSPS) is 40.6. The monoisotopic (exact) mass is 625 g/mol. The van der Waals surface area contributed by atoms with Crippen LogP contribution in [0.5, 0.6) is 0 Å². The Bertz CT molecular complexity index is 1180. The number of allylic oxidation sites excluding steroid dienone is 2. The molecule has 4 fully saturated rings. The van der Waals surface area contributed by atoms with Gasteiger partial charge in [-0.25, -0.2) is 9.59 Å². The third-order valence-corrected chi connectivity index (χ3v) is 13.1. The standard InChI is InChI=1S/C38H59NO6/c1-7-9-17-42-35(40)39-23-24(3)19-33-34(39)26(5)38(45-33)16-14-29-30-12-11-27-20-28(44-36(41)43-18-10-8-2)13-15-37(27,6)32(30)21-31(29)25(4)22-38/h11,24,26,28-30,32-34H,7-10,12-23H2,1-6H3/t24-,26+,28-,29-,30-,32-,33+,34?,37-,38-/m0/s1. The molecule has 2 saturated heterocycles. The van der Waals surface area contributed by atoms with E-state index < -0.39 is 6.16 Å². The minimum Gasteiger partial charge on any atom is -0.449 e. The highest BCUT2D eigenvalue weighted by Gasteiger charge is 2.60. The zero-order valence-electron chi connectivity index (χ0n) is 28.9. The zero-order valence-corrected chi connectivity index (χ0v) is 28.9. The maximum atomic E-state index is 13.3. The van der Waals surface area contributed by atoms with Crippen LogP contribution in [0.4, 0.5) is 9.59 Å². The molecular formula is C38H59NO6. The van der Waals surface area contributed by atoms with Gasteiger partial charge in [-0.05, 0) is 100 Å². The molecule has 10 atom stereocenters. The van der Waals surface area contributed by atoms with Crippen LogP contribution in [0.15, 0.2) is 22.8 Å². The average Bonchev–Trinajstić information content (AvgIpc) is 3.47. The van der Waals surface area contributed by atoms with E-state index in [4.69, 9.17) is 18.9 Å². The van der Waals surface area contributed by atoms with Crippen molar-refractivity contribution in [1.29, 1.82) is 0 Å². The topological polar surface area (TPSA) is 74.3 Å². The predicted octanol–water partition coefficient (Wildman–Crippen LogP) is 9.00. The van der Waals surface area contributed by atoms with E-state index in [0.717, 1.165) is 77.2 Å². The Hall–Kier alpha value is -2.02. The van der Waals surface area contributed by atoms with E-state index in [0.29, 0.717) is 36.9 Å². The van der Waals surface area contributed by atoms with Gasteiger partial charge in [-0.1, -0.05) is 70.3 Å². The van der Waals surface area contributed by atoms with Gasteiger partial charge in [0.25, 0.3) is 0 Å². The van der Waals surface area contributed by atoms with Crippen LogP contribution in [-0.4, -0.2) is 60.8 Å². The van der Waals surface area contributed by atoms with E-state index in [9.17, 15) is 9.59 Å². The summed E-state index contributed by atoms with van der Waals surface area (Å²) in [5.74, 6) is 2.61. The first-order chi connectivity index (χ1) is 21.6. The van der Waals surface area contributed by atoms with Gasteiger partial charge >= 0.3 is 12.2 Å². The van der Waals surface area contributed by atoms with Crippen molar-refractivity contribution in [3.8, 4) is 0 Å². The number of nitrogens with zero attached hydrogens (tertiary/aromatic N) is 1. The summed E-state index contributed by atoms with van der Waals surface area (Å²) in [6.07, 6.45) is 15.1. The summed E-state index contributed by atoms with van der Waals surface area (Å²) in [5.41, 5.74) is 4.71. The van der Waals surface area contributed by atoms with E-state index in [-0.39, 0.29) is 41.3 Å². The molecule has 0 aromatic carbocycles. The number of ether oxygens (including phenoxy) is 4. The molecule has 2 saturated carbocycles. The SMILES string of the molecule is CCCCOC(=O)O[C@H]1CC[C@@]2(C)C(=CC[C@H]3[C@@H]4CC[C@@]5(CC(C)=C4C[C@@H]32)O[C@@H]2C[C@H](C)CN(C(=O)OCCCC)C2[C@H]5C)C1. The Morgan fingerprint density at radius 3 is 2.56 bits per heavy atom. The van der Waals surface area contributed by atoms with E-state index >= 15 is 0 Å². The molecule has 2 aliphatic heterocycles. The fourth-order valence-electron chi connectivity index (χ4n) is 10.6. The van der Waals surface area contributed by atoms with Crippen LogP contribution in [0.25, 0.3) is 0 Å². The van der Waals surface area contributed by atoms with E-state index in [1.165, 1.54) is 18.4 Å². The number of hydrogen-bond donors (Lipinski definition) is 0. The second-order valence-electron chi connectivity index (χ2n) is 15.9. The van der Waals surface area contributed by atoms with Crippen LogP contribution in [0.3, 0.4) is 0 Å².